The van der Waals surface area contributed by atoms with E-state index in [1.807, 2.05) is 0 Å². The number of rotatable bonds is 6. The molecule has 0 aromatic heterocycles. The van der Waals surface area contributed by atoms with Crippen LogP contribution in [0.5, 0.6) is 0 Å². The first-order valence-electron chi connectivity index (χ1n) is 13.9. The Morgan fingerprint density at radius 3 is 2.31 bits per heavy atom. The minimum absolute atomic E-state index is 0.00849. The number of allylic oxidation sites excluding steroid dienone is 2. The van der Waals surface area contributed by atoms with Gasteiger partial charge in [-0.2, -0.15) is 0 Å². The summed E-state index contributed by atoms with van der Waals surface area (Å²) in [5.74, 6) is 1.46. The van der Waals surface area contributed by atoms with Gasteiger partial charge in [0.2, 0.25) is 0 Å². The van der Waals surface area contributed by atoms with Crippen LogP contribution in [0.25, 0.3) is 0 Å². The number of hydrogen-bond acceptors (Lipinski definition) is 5. The summed E-state index contributed by atoms with van der Waals surface area (Å²) < 4.78 is 0. The molecule has 0 heterocycles. The van der Waals surface area contributed by atoms with Crippen LogP contribution in [0.15, 0.2) is 11.1 Å². The van der Waals surface area contributed by atoms with Gasteiger partial charge in [-0.1, -0.05) is 47.1 Å². The molecule has 3 N–H and O–H groups in total. The van der Waals surface area contributed by atoms with Gasteiger partial charge < -0.3 is 15.3 Å². The molecular formula is C30H48O5. The highest BCUT2D eigenvalue weighted by Gasteiger charge is 2.65. The Balaban J connectivity index is 1.64. The lowest BCUT2D eigenvalue weighted by atomic mass is 9.43. The summed E-state index contributed by atoms with van der Waals surface area (Å²) in [6, 6.07) is 0. The molecule has 0 aromatic rings. The average Bonchev–Trinajstić information content (AvgIpc) is 3.07. The Labute approximate surface area is 211 Å². The summed E-state index contributed by atoms with van der Waals surface area (Å²) >= 11 is 0. The monoisotopic (exact) mass is 488 g/mol. The van der Waals surface area contributed by atoms with E-state index in [-0.39, 0.29) is 27.9 Å². The van der Waals surface area contributed by atoms with Crippen molar-refractivity contribution in [2.24, 2.45) is 39.4 Å². The minimum atomic E-state index is -1.48. The average molecular weight is 489 g/mol. The Morgan fingerprint density at radius 2 is 1.69 bits per heavy atom. The van der Waals surface area contributed by atoms with Gasteiger partial charge in [0.1, 0.15) is 11.4 Å². The fourth-order valence-corrected chi connectivity index (χ4v) is 9.16. The van der Waals surface area contributed by atoms with Crippen LogP contribution < -0.4 is 0 Å². The number of hydrogen-bond donors (Lipinski definition) is 3. The van der Waals surface area contributed by atoms with Crippen LogP contribution in [0.3, 0.4) is 0 Å². The quantitative estimate of drug-likeness (QED) is 0.489. The third kappa shape index (κ3) is 3.74. The van der Waals surface area contributed by atoms with Crippen molar-refractivity contribution < 1.29 is 24.9 Å². The second-order valence-electron chi connectivity index (χ2n) is 14.1. The molecular weight excluding hydrogens is 440 g/mol. The number of fused-ring (bicyclic) bond motifs is 4. The van der Waals surface area contributed by atoms with E-state index in [4.69, 9.17) is 0 Å². The van der Waals surface area contributed by atoms with Crippen molar-refractivity contribution in [2.75, 3.05) is 6.61 Å². The van der Waals surface area contributed by atoms with Crippen LogP contribution in [-0.4, -0.2) is 45.2 Å². The van der Waals surface area contributed by atoms with Crippen molar-refractivity contribution >= 4 is 11.6 Å². The summed E-state index contributed by atoms with van der Waals surface area (Å²) in [6.07, 6.45) is 6.30. The second-order valence-corrected chi connectivity index (χ2v) is 14.1. The van der Waals surface area contributed by atoms with Gasteiger partial charge in [0.15, 0.2) is 5.78 Å². The van der Waals surface area contributed by atoms with E-state index in [9.17, 15) is 24.9 Å². The topological polar surface area (TPSA) is 94.8 Å². The minimum Gasteiger partial charge on any atom is -0.393 e. The number of aliphatic hydroxyl groups is 3. The molecule has 5 nitrogen and oxygen atoms in total. The van der Waals surface area contributed by atoms with Crippen LogP contribution in [0.2, 0.25) is 0 Å². The van der Waals surface area contributed by atoms with E-state index >= 15 is 0 Å². The van der Waals surface area contributed by atoms with E-state index in [2.05, 4.69) is 41.5 Å². The summed E-state index contributed by atoms with van der Waals surface area (Å²) in [7, 11) is 0. The van der Waals surface area contributed by atoms with Crippen LogP contribution in [0, 0.1) is 39.4 Å². The van der Waals surface area contributed by atoms with Crippen molar-refractivity contribution in [2.45, 2.75) is 118 Å². The highest BCUT2D eigenvalue weighted by Crippen LogP contribution is 2.71. The number of aliphatic hydroxyl groups excluding tert-OH is 2. The SMILES string of the molecule is C[C@H](CC[C@H](O)C(C)(O)CO)[C@H]1CC[C@@]2(C)C3=C(CC[C@]12C)[C@@]1(C)CCC(=O)C(C)(C)[C@@H]1CC3=O. The maximum atomic E-state index is 13.9. The summed E-state index contributed by atoms with van der Waals surface area (Å²) in [6.45, 7) is 14.4. The van der Waals surface area contributed by atoms with Crippen molar-refractivity contribution in [1.29, 1.82) is 0 Å². The predicted octanol–water partition coefficient (Wildman–Crippen LogP) is 5.00. The van der Waals surface area contributed by atoms with Crippen LogP contribution >= 0.6 is 0 Å². The summed E-state index contributed by atoms with van der Waals surface area (Å²) in [5, 5.41) is 30.0. The summed E-state index contributed by atoms with van der Waals surface area (Å²) in [4.78, 5) is 26.7. The number of ketones is 2. The molecule has 2 fully saturated rings. The van der Waals surface area contributed by atoms with Gasteiger partial charge in [-0.3, -0.25) is 9.59 Å². The maximum absolute atomic E-state index is 13.9. The first-order valence-corrected chi connectivity index (χ1v) is 13.9. The zero-order chi connectivity index (χ0) is 26.2. The van der Waals surface area contributed by atoms with E-state index in [1.165, 1.54) is 12.5 Å². The lowest BCUT2D eigenvalue weighted by Gasteiger charge is -2.60. The fourth-order valence-electron chi connectivity index (χ4n) is 9.16. The van der Waals surface area contributed by atoms with E-state index in [0.717, 1.165) is 44.1 Å². The van der Waals surface area contributed by atoms with Gasteiger partial charge in [0, 0.05) is 29.2 Å². The molecule has 198 valence electrons. The van der Waals surface area contributed by atoms with Crippen molar-refractivity contribution in [3.8, 4) is 0 Å². The van der Waals surface area contributed by atoms with E-state index < -0.39 is 23.7 Å². The molecule has 1 unspecified atom stereocenters. The highest BCUT2D eigenvalue weighted by molar-refractivity contribution is 6.00. The largest absolute Gasteiger partial charge is 0.393 e. The smallest absolute Gasteiger partial charge is 0.159 e. The molecule has 4 aliphatic carbocycles. The van der Waals surface area contributed by atoms with Crippen molar-refractivity contribution in [1.82, 2.24) is 0 Å². The van der Waals surface area contributed by atoms with Crippen LogP contribution in [-0.2, 0) is 9.59 Å². The molecule has 0 spiro atoms. The molecule has 2 saturated carbocycles. The Morgan fingerprint density at radius 1 is 1.03 bits per heavy atom. The van der Waals surface area contributed by atoms with Gasteiger partial charge >= 0.3 is 0 Å². The fraction of sp³-hybridized carbons (Fsp3) is 0.867. The lowest BCUT2D eigenvalue weighted by molar-refractivity contribution is -0.142. The van der Waals surface area contributed by atoms with Crippen LogP contribution in [0.4, 0.5) is 0 Å². The molecule has 0 aromatic carbocycles. The van der Waals surface area contributed by atoms with E-state index in [1.54, 1.807) is 0 Å². The molecule has 0 amide bonds. The zero-order valence-corrected chi connectivity index (χ0v) is 23.0. The second kappa shape index (κ2) is 8.49. The third-order valence-electron chi connectivity index (χ3n) is 12.0. The van der Waals surface area contributed by atoms with Crippen molar-refractivity contribution in [3.63, 3.8) is 0 Å². The number of carbonyl (C=O) groups excluding carboxylic acids is 2. The molecule has 4 aliphatic rings. The van der Waals surface area contributed by atoms with Gasteiger partial charge in [0.25, 0.3) is 0 Å². The molecule has 0 bridgehead atoms. The lowest BCUT2D eigenvalue weighted by Crippen LogP contribution is -2.56. The van der Waals surface area contributed by atoms with Gasteiger partial charge in [-0.05, 0) is 80.5 Å². The standard InChI is InChI=1S/C30H48O5/c1-18(8-9-24(34)30(7,35)17-31)19-10-15-29(6)25-20(11-14-28(19,29)5)27(4)13-12-23(33)26(2,3)22(27)16-21(25)32/h18-19,22,24,31,34-35H,8-17H2,1-7H3/t18-,19-,22+,24+,27-,28-,29+,30?/m1/s1. The van der Waals surface area contributed by atoms with Gasteiger partial charge in [-0.15, -0.1) is 0 Å². The third-order valence-corrected chi connectivity index (χ3v) is 12.0. The van der Waals surface area contributed by atoms with E-state index in [0.29, 0.717) is 36.9 Å². The first-order chi connectivity index (χ1) is 16.1. The molecule has 35 heavy (non-hydrogen) atoms. The molecule has 8 atom stereocenters. The number of Topliss-reactive ketones (excluding diaryl/α,β-unsaturated/α-hetero) is 2. The zero-order valence-electron chi connectivity index (χ0n) is 23.0. The number of carbonyl (C=O) groups is 2. The van der Waals surface area contributed by atoms with Crippen molar-refractivity contribution in [3.05, 3.63) is 11.1 Å². The molecule has 5 heteroatoms. The van der Waals surface area contributed by atoms with Crippen LogP contribution in [0.1, 0.15) is 106 Å². The summed E-state index contributed by atoms with van der Waals surface area (Å²) in [5.41, 5.74) is 0.310. The van der Waals surface area contributed by atoms with Gasteiger partial charge in [0.05, 0.1) is 12.7 Å². The molecule has 0 radical (unpaired) electrons. The Bertz CT molecular complexity index is 931. The Hall–Kier alpha value is -1.04. The Kier molecular flexibility index (Phi) is 6.55. The first kappa shape index (κ1) is 27.0. The molecule has 0 saturated heterocycles. The predicted molar refractivity (Wildman–Crippen MR) is 137 cm³/mol. The molecule has 0 aliphatic heterocycles. The normalized spacial score (nSPS) is 42.1. The van der Waals surface area contributed by atoms with Gasteiger partial charge in [-0.25, -0.2) is 0 Å². The molecule has 4 rings (SSSR count). The highest BCUT2D eigenvalue weighted by atomic mass is 16.4. The maximum Gasteiger partial charge on any atom is 0.159 e.